The molecule has 2 aromatic carbocycles. The first-order chi connectivity index (χ1) is 14.7. The SMILES string of the molecule is CCN1CCN(c2ccc(NS(=O)(=O)c3ccc(CC(C)C)cc3)cc2C(=O)O)CC1. The molecule has 1 saturated heterocycles. The van der Waals surface area contributed by atoms with Gasteiger partial charge in [-0.1, -0.05) is 32.9 Å². The average molecular weight is 446 g/mol. The van der Waals surface area contributed by atoms with Crippen molar-refractivity contribution in [1.82, 2.24) is 4.90 Å². The third-order valence-electron chi connectivity index (χ3n) is 5.52. The van der Waals surface area contributed by atoms with E-state index in [1.165, 1.54) is 6.07 Å². The van der Waals surface area contributed by atoms with Gasteiger partial charge in [-0.2, -0.15) is 0 Å². The minimum absolute atomic E-state index is 0.0948. The van der Waals surface area contributed by atoms with Crippen LogP contribution in [0.25, 0.3) is 0 Å². The van der Waals surface area contributed by atoms with E-state index >= 15 is 0 Å². The number of carboxylic acid groups (broad SMARTS) is 1. The summed E-state index contributed by atoms with van der Waals surface area (Å²) in [7, 11) is -3.81. The van der Waals surface area contributed by atoms with Gasteiger partial charge in [0.15, 0.2) is 0 Å². The molecule has 0 radical (unpaired) electrons. The molecule has 8 heteroatoms. The molecule has 31 heavy (non-hydrogen) atoms. The van der Waals surface area contributed by atoms with Crippen molar-refractivity contribution < 1.29 is 18.3 Å². The van der Waals surface area contributed by atoms with Gasteiger partial charge in [-0.05, 0) is 54.8 Å². The van der Waals surface area contributed by atoms with Crippen LogP contribution in [0.15, 0.2) is 47.4 Å². The molecule has 1 aliphatic heterocycles. The average Bonchev–Trinajstić information content (AvgIpc) is 2.73. The number of hydrogen-bond acceptors (Lipinski definition) is 5. The number of nitrogens with one attached hydrogen (secondary N) is 1. The van der Waals surface area contributed by atoms with Gasteiger partial charge in [-0.25, -0.2) is 13.2 Å². The molecule has 0 unspecified atom stereocenters. The number of anilines is 2. The molecule has 0 bridgehead atoms. The Morgan fingerprint density at radius 2 is 1.71 bits per heavy atom. The van der Waals surface area contributed by atoms with Crippen LogP contribution in [0.5, 0.6) is 0 Å². The standard InChI is InChI=1S/C23H31N3O4S/c1-4-25-11-13-26(14-12-25)22-10-7-19(16-21(22)23(27)28)24-31(29,30)20-8-5-18(6-9-20)15-17(2)3/h5-10,16-17,24H,4,11-15H2,1-3H3,(H,27,28). The van der Waals surface area contributed by atoms with E-state index in [0.29, 0.717) is 11.6 Å². The van der Waals surface area contributed by atoms with Gasteiger partial charge in [0.05, 0.1) is 16.1 Å². The van der Waals surface area contributed by atoms with Gasteiger partial charge in [0, 0.05) is 31.9 Å². The van der Waals surface area contributed by atoms with Crippen LogP contribution in [0.4, 0.5) is 11.4 Å². The Labute approximate surface area is 184 Å². The van der Waals surface area contributed by atoms with Crippen molar-refractivity contribution in [3.05, 3.63) is 53.6 Å². The van der Waals surface area contributed by atoms with Crippen LogP contribution in [0.3, 0.4) is 0 Å². The van der Waals surface area contributed by atoms with Gasteiger partial charge in [0.2, 0.25) is 0 Å². The fraction of sp³-hybridized carbons (Fsp3) is 0.435. The highest BCUT2D eigenvalue weighted by molar-refractivity contribution is 7.92. The van der Waals surface area contributed by atoms with E-state index in [0.717, 1.165) is 44.7 Å². The molecule has 3 rings (SSSR count). The van der Waals surface area contributed by atoms with Crippen molar-refractivity contribution in [3.8, 4) is 0 Å². The van der Waals surface area contributed by atoms with E-state index in [1.54, 1.807) is 24.3 Å². The van der Waals surface area contributed by atoms with E-state index in [-0.39, 0.29) is 16.1 Å². The molecule has 2 N–H and O–H groups in total. The summed E-state index contributed by atoms with van der Waals surface area (Å²) in [4.78, 5) is 16.4. The summed E-state index contributed by atoms with van der Waals surface area (Å²) in [5.74, 6) is -0.592. The van der Waals surface area contributed by atoms with E-state index in [9.17, 15) is 18.3 Å². The Kier molecular flexibility index (Phi) is 7.23. The zero-order chi connectivity index (χ0) is 22.6. The summed E-state index contributed by atoms with van der Waals surface area (Å²) in [5.41, 5.74) is 2.02. The molecule has 0 aromatic heterocycles. The van der Waals surface area contributed by atoms with E-state index in [4.69, 9.17) is 0 Å². The lowest BCUT2D eigenvalue weighted by Crippen LogP contribution is -2.46. The summed E-state index contributed by atoms with van der Waals surface area (Å²) in [6.07, 6.45) is 0.879. The number of benzene rings is 2. The Morgan fingerprint density at radius 1 is 1.06 bits per heavy atom. The highest BCUT2D eigenvalue weighted by Crippen LogP contribution is 2.27. The molecule has 0 aliphatic carbocycles. The maximum atomic E-state index is 12.8. The molecule has 2 aromatic rings. The minimum atomic E-state index is -3.81. The van der Waals surface area contributed by atoms with Crippen molar-refractivity contribution >= 4 is 27.4 Å². The van der Waals surface area contributed by atoms with Crippen molar-refractivity contribution in [2.24, 2.45) is 5.92 Å². The Hall–Kier alpha value is -2.58. The Morgan fingerprint density at radius 3 is 2.26 bits per heavy atom. The first-order valence-corrected chi connectivity index (χ1v) is 12.1. The fourth-order valence-electron chi connectivity index (χ4n) is 3.84. The van der Waals surface area contributed by atoms with E-state index in [1.807, 2.05) is 17.0 Å². The summed E-state index contributed by atoms with van der Waals surface area (Å²) < 4.78 is 28.1. The molecule has 0 atom stereocenters. The largest absolute Gasteiger partial charge is 0.478 e. The summed E-state index contributed by atoms with van der Waals surface area (Å²) in [6.45, 7) is 10.5. The molecular formula is C23H31N3O4S. The molecule has 7 nitrogen and oxygen atoms in total. The quantitative estimate of drug-likeness (QED) is 0.646. The molecule has 1 heterocycles. The highest BCUT2D eigenvalue weighted by Gasteiger charge is 2.22. The number of rotatable bonds is 8. The van der Waals surface area contributed by atoms with Crippen molar-refractivity contribution in [2.45, 2.75) is 32.1 Å². The minimum Gasteiger partial charge on any atom is -0.478 e. The molecule has 1 fully saturated rings. The Balaban J connectivity index is 1.80. The molecular weight excluding hydrogens is 414 g/mol. The second-order valence-corrected chi connectivity index (χ2v) is 9.99. The second kappa shape index (κ2) is 9.70. The predicted molar refractivity (Wildman–Crippen MR) is 124 cm³/mol. The number of hydrogen-bond donors (Lipinski definition) is 2. The van der Waals surface area contributed by atoms with Crippen LogP contribution in [0.2, 0.25) is 0 Å². The zero-order valence-corrected chi connectivity index (χ0v) is 19.2. The Bertz CT molecular complexity index is 1010. The van der Waals surface area contributed by atoms with Crippen LogP contribution in [-0.2, 0) is 16.4 Å². The number of carbonyl (C=O) groups is 1. The van der Waals surface area contributed by atoms with Gasteiger partial charge in [0.1, 0.15) is 0 Å². The highest BCUT2D eigenvalue weighted by atomic mass is 32.2. The monoisotopic (exact) mass is 445 g/mol. The number of likely N-dealkylation sites (N-methyl/N-ethyl adjacent to an activating group) is 1. The van der Waals surface area contributed by atoms with Crippen LogP contribution in [0.1, 0.15) is 36.7 Å². The maximum absolute atomic E-state index is 12.8. The topological polar surface area (TPSA) is 90.0 Å². The summed E-state index contributed by atoms with van der Waals surface area (Å²) >= 11 is 0. The molecule has 0 amide bonds. The fourth-order valence-corrected chi connectivity index (χ4v) is 4.89. The lowest BCUT2D eigenvalue weighted by atomic mass is 10.0. The zero-order valence-electron chi connectivity index (χ0n) is 18.3. The summed E-state index contributed by atoms with van der Waals surface area (Å²) in [6, 6.07) is 11.5. The van der Waals surface area contributed by atoms with Crippen molar-refractivity contribution in [3.63, 3.8) is 0 Å². The van der Waals surface area contributed by atoms with Gasteiger partial charge in [-0.3, -0.25) is 4.72 Å². The number of piperazine rings is 1. The lowest BCUT2D eigenvalue weighted by Gasteiger charge is -2.36. The normalized spacial score (nSPS) is 15.3. The third-order valence-corrected chi connectivity index (χ3v) is 6.91. The number of sulfonamides is 1. The number of carboxylic acids is 1. The van der Waals surface area contributed by atoms with Crippen LogP contribution < -0.4 is 9.62 Å². The maximum Gasteiger partial charge on any atom is 0.337 e. The van der Waals surface area contributed by atoms with Crippen molar-refractivity contribution in [1.29, 1.82) is 0 Å². The second-order valence-electron chi connectivity index (χ2n) is 8.31. The number of nitrogens with zero attached hydrogens (tertiary/aromatic N) is 2. The van der Waals surface area contributed by atoms with Crippen LogP contribution >= 0.6 is 0 Å². The van der Waals surface area contributed by atoms with Crippen molar-refractivity contribution in [2.75, 3.05) is 42.3 Å². The van der Waals surface area contributed by atoms with Gasteiger partial charge < -0.3 is 14.9 Å². The first kappa shape index (κ1) is 23.1. The lowest BCUT2D eigenvalue weighted by molar-refractivity contribution is 0.0697. The molecule has 168 valence electrons. The predicted octanol–water partition coefficient (Wildman–Crippen LogP) is 3.53. The van der Waals surface area contributed by atoms with Gasteiger partial charge in [0.25, 0.3) is 10.0 Å². The van der Waals surface area contributed by atoms with Gasteiger partial charge in [-0.15, -0.1) is 0 Å². The van der Waals surface area contributed by atoms with E-state index < -0.39 is 16.0 Å². The molecule has 0 spiro atoms. The van der Waals surface area contributed by atoms with Crippen LogP contribution in [0, 0.1) is 5.92 Å². The third kappa shape index (κ3) is 5.77. The van der Waals surface area contributed by atoms with Gasteiger partial charge >= 0.3 is 5.97 Å². The number of aromatic carboxylic acids is 1. The van der Waals surface area contributed by atoms with Crippen LogP contribution in [-0.4, -0.2) is 57.1 Å². The molecule has 1 aliphatic rings. The smallest absolute Gasteiger partial charge is 0.337 e. The first-order valence-electron chi connectivity index (χ1n) is 10.7. The summed E-state index contributed by atoms with van der Waals surface area (Å²) in [5, 5.41) is 9.72. The van der Waals surface area contributed by atoms with E-state index in [2.05, 4.69) is 30.4 Å². The molecule has 0 saturated carbocycles.